The Bertz CT molecular complexity index is 1000. The maximum Gasteiger partial charge on any atom is 0.262 e. The zero-order chi connectivity index (χ0) is 20.8. The van der Waals surface area contributed by atoms with Crippen LogP contribution in [-0.4, -0.2) is 43.9 Å². The first-order chi connectivity index (χ1) is 13.7. The lowest BCUT2D eigenvalue weighted by atomic mass is 9.72. The van der Waals surface area contributed by atoms with E-state index in [0.29, 0.717) is 29.7 Å². The number of hydrogen-bond acceptors (Lipinski definition) is 5. The highest BCUT2D eigenvalue weighted by molar-refractivity contribution is 5.86. The molecule has 0 saturated heterocycles. The summed E-state index contributed by atoms with van der Waals surface area (Å²) in [4.78, 5) is 43.2. The van der Waals surface area contributed by atoms with E-state index in [9.17, 15) is 23.2 Å². The van der Waals surface area contributed by atoms with Gasteiger partial charge in [-0.25, -0.2) is 18.4 Å². The highest BCUT2D eigenvalue weighted by Crippen LogP contribution is 2.42. The molecule has 0 radical (unpaired) electrons. The standard InChI is InChI=1S/C19H23F2N5O3/c1-10(27)8-22-17(28)13-3-2-12(13)15-24-16-14(18(29)25-15)9-23-26(16)11-4-6-19(20,21)7-5-11/h9,11-13H,2-8H2,1H3,(H,22,28)(H,24,25,29)/t12-,13?/m1/s1. The molecule has 0 aliphatic heterocycles. The Hall–Kier alpha value is -2.65. The Kier molecular flexibility index (Phi) is 4.95. The summed E-state index contributed by atoms with van der Waals surface area (Å²) in [5.41, 5.74) is 0.0148. The molecule has 156 valence electrons. The topological polar surface area (TPSA) is 110 Å². The van der Waals surface area contributed by atoms with Gasteiger partial charge in [0.1, 0.15) is 17.0 Å². The number of aromatic nitrogens is 4. The van der Waals surface area contributed by atoms with Crippen LogP contribution in [-0.2, 0) is 9.59 Å². The normalized spacial score (nSPS) is 24.2. The maximum atomic E-state index is 13.5. The van der Waals surface area contributed by atoms with Crippen LogP contribution in [0, 0.1) is 5.92 Å². The van der Waals surface area contributed by atoms with Crippen LogP contribution in [0.3, 0.4) is 0 Å². The van der Waals surface area contributed by atoms with Crippen molar-refractivity contribution in [2.24, 2.45) is 5.92 Å². The fourth-order valence-corrected chi connectivity index (χ4v) is 4.15. The molecule has 2 heterocycles. The summed E-state index contributed by atoms with van der Waals surface area (Å²) in [6, 6.07) is -0.231. The second-order valence-corrected chi connectivity index (χ2v) is 8.07. The smallest absolute Gasteiger partial charge is 0.262 e. The quantitative estimate of drug-likeness (QED) is 0.789. The first-order valence-electron chi connectivity index (χ1n) is 9.87. The van der Waals surface area contributed by atoms with Gasteiger partial charge in [-0.1, -0.05) is 0 Å². The van der Waals surface area contributed by atoms with Gasteiger partial charge in [-0.3, -0.25) is 14.4 Å². The van der Waals surface area contributed by atoms with Crippen molar-refractivity contribution in [1.82, 2.24) is 25.1 Å². The number of H-pyrrole nitrogens is 1. The molecule has 1 unspecified atom stereocenters. The Morgan fingerprint density at radius 2 is 2.00 bits per heavy atom. The van der Waals surface area contributed by atoms with Gasteiger partial charge < -0.3 is 10.3 Å². The van der Waals surface area contributed by atoms with Crippen molar-refractivity contribution in [3.05, 3.63) is 22.4 Å². The molecule has 2 aromatic rings. The molecule has 2 fully saturated rings. The van der Waals surface area contributed by atoms with Gasteiger partial charge in [0.2, 0.25) is 11.8 Å². The predicted molar refractivity (Wildman–Crippen MR) is 99.8 cm³/mol. The zero-order valence-corrected chi connectivity index (χ0v) is 16.1. The number of Topliss-reactive ketones (excluding diaryl/α,β-unsaturated/α-hetero) is 1. The van der Waals surface area contributed by atoms with Gasteiger partial charge in [-0.05, 0) is 32.6 Å². The number of halogens is 2. The van der Waals surface area contributed by atoms with E-state index in [1.807, 2.05) is 0 Å². The molecule has 2 saturated carbocycles. The molecular weight excluding hydrogens is 384 g/mol. The van der Waals surface area contributed by atoms with Crippen LogP contribution in [0.25, 0.3) is 11.0 Å². The number of carbonyl (C=O) groups excluding carboxylic acids is 2. The summed E-state index contributed by atoms with van der Waals surface area (Å²) in [5.74, 6) is -3.23. The maximum absolute atomic E-state index is 13.5. The van der Waals surface area contributed by atoms with E-state index < -0.39 is 5.92 Å². The monoisotopic (exact) mass is 407 g/mol. The number of fused-ring (bicyclic) bond motifs is 1. The van der Waals surface area contributed by atoms with Crippen molar-refractivity contribution >= 4 is 22.7 Å². The minimum Gasteiger partial charge on any atom is -0.349 e. The molecule has 2 aliphatic rings. The molecule has 10 heteroatoms. The first-order valence-corrected chi connectivity index (χ1v) is 9.87. The Labute approximate surface area is 165 Å². The van der Waals surface area contributed by atoms with Gasteiger partial charge in [0.25, 0.3) is 5.56 Å². The van der Waals surface area contributed by atoms with Crippen molar-refractivity contribution in [3.8, 4) is 0 Å². The molecule has 4 rings (SSSR count). The van der Waals surface area contributed by atoms with E-state index in [1.165, 1.54) is 13.1 Å². The third-order valence-electron chi connectivity index (χ3n) is 5.99. The number of ketones is 1. The van der Waals surface area contributed by atoms with Gasteiger partial charge in [0.15, 0.2) is 5.65 Å². The second-order valence-electron chi connectivity index (χ2n) is 8.07. The number of carbonyl (C=O) groups is 2. The average Bonchev–Trinajstić information content (AvgIpc) is 3.03. The Morgan fingerprint density at radius 1 is 1.28 bits per heavy atom. The van der Waals surface area contributed by atoms with Crippen LogP contribution in [0.2, 0.25) is 0 Å². The number of nitrogens with zero attached hydrogens (tertiary/aromatic N) is 3. The number of nitrogens with one attached hydrogen (secondary N) is 2. The van der Waals surface area contributed by atoms with Gasteiger partial charge >= 0.3 is 0 Å². The first kappa shape index (κ1) is 19.7. The molecule has 2 atom stereocenters. The molecule has 29 heavy (non-hydrogen) atoms. The minimum absolute atomic E-state index is 0.0237. The van der Waals surface area contributed by atoms with Gasteiger partial charge in [-0.2, -0.15) is 5.10 Å². The summed E-state index contributed by atoms with van der Waals surface area (Å²) in [5, 5.41) is 7.16. The third-order valence-corrected chi connectivity index (χ3v) is 5.99. The largest absolute Gasteiger partial charge is 0.349 e. The lowest BCUT2D eigenvalue weighted by Crippen LogP contribution is -2.42. The van der Waals surface area contributed by atoms with Crippen molar-refractivity contribution in [1.29, 1.82) is 0 Å². The minimum atomic E-state index is -2.65. The van der Waals surface area contributed by atoms with Crippen LogP contribution >= 0.6 is 0 Å². The predicted octanol–water partition coefficient (Wildman–Crippen LogP) is 2.07. The van der Waals surface area contributed by atoms with Crippen LogP contribution in [0.1, 0.15) is 63.2 Å². The van der Waals surface area contributed by atoms with Crippen molar-refractivity contribution in [2.75, 3.05) is 6.54 Å². The molecule has 8 nitrogen and oxygen atoms in total. The number of aromatic amines is 1. The molecule has 2 aromatic heterocycles. The Morgan fingerprint density at radius 3 is 2.62 bits per heavy atom. The molecule has 0 spiro atoms. The summed E-state index contributed by atoms with van der Waals surface area (Å²) in [6.07, 6.45) is 2.87. The molecule has 0 bridgehead atoms. The molecule has 1 amide bonds. The molecule has 2 N–H and O–H groups in total. The van der Waals surface area contributed by atoms with Crippen molar-refractivity contribution in [3.63, 3.8) is 0 Å². The van der Waals surface area contributed by atoms with E-state index in [1.54, 1.807) is 4.68 Å². The fourth-order valence-electron chi connectivity index (χ4n) is 4.15. The van der Waals surface area contributed by atoms with Crippen molar-refractivity contribution in [2.45, 2.75) is 63.3 Å². The third kappa shape index (κ3) is 3.79. The number of rotatable bonds is 5. The zero-order valence-electron chi connectivity index (χ0n) is 16.1. The van der Waals surface area contributed by atoms with Gasteiger partial charge in [-0.15, -0.1) is 0 Å². The van der Waals surface area contributed by atoms with Crippen molar-refractivity contribution < 1.29 is 18.4 Å². The summed E-state index contributed by atoms with van der Waals surface area (Å²) >= 11 is 0. The van der Waals surface area contributed by atoms with E-state index in [0.717, 1.165) is 0 Å². The molecule has 2 aliphatic carbocycles. The fraction of sp³-hybridized carbons (Fsp3) is 0.632. The molecular formula is C19H23F2N5O3. The van der Waals surface area contributed by atoms with Crippen LogP contribution in [0.4, 0.5) is 8.78 Å². The van der Waals surface area contributed by atoms with E-state index in [4.69, 9.17) is 0 Å². The summed E-state index contributed by atoms with van der Waals surface area (Å²) in [7, 11) is 0. The summed E-state index contributed by atoms with van der Waals surface area (Å²) in [6.45, 7) is 1.37. The lowest BCUT2D eigenvalue weighted by Gasteiger charge is -2.34. The SMILES string of the molecule is CC(=O)CNC(=O)C1CC[C@H]1c1nc2c(cnn2C2CCC(F)(F)CC2)c(=O)[nH]1. The number of alkyl halides is 2. The molecule has 0 aromatic carbocycles. The van der Waals surface area contributed by atoms with Crippen LogP contribution < -0.4 is 10.9 Å². The van der Waals surface area contributed by atoms with Gasteiger partial charge in [0, 0.05) is 24.7 Å². The highest BCUT2D eigenvalue weighted by atomic mass is 19.3. The lowest BCUT2D eigenvalue weighted by molar-refractivity contribution is -0.130. The average molecular weight is 407 g/mol. The van der Waals surface area contributed by atoms with E-state index in [-0.39, 0.29) is 67.4 Å². The number of amides is 1. The van der Waals surface area contributed by atoms with E-state index in [2.05, 4.69) is 20.4 Å². The highest BCUT2D eigenvalue weighted by Gasteiger charge is 2.40. The van der Waals surface area contributed by atoms with Crippen LogP contribution in [0.5, 0.6) is 0 Å². The van der Waals surface area contributed by atoms with E-state index >= 15 is 0 Å². The van der Waals surface area contributed by atoms with Gasteiger partial charge in [0.05, 0.1) is 18.8 Å². The Balaban J connectivity index is 1.59. The number of hydrogen-bond donors (Lipinski definition) is 2. The van der Waals surface area contributed by atoms with Crippen LogP contribution in [0.15, 0.2) is 11.0 Å². The second kappa shape index (κ2) is 7.31. The summed E-state index contributed by atoms with van der Waals surface area (Å²) < 4.78 is 28.6.